The summed E-state index contributed by atoms with van der Waals surface area (Å²) in [6.07, 6.45) is 1.45. The Morgan fingerprint density at radius 2 is 1.93 bits per heavy atom. The topological polar surface area (TPSA) is 111 Å². The lowest BCUT2D eigenvalue weighted by molar-refractivity contribution is 0.0603. The number of hydrogen-bond donors (Lipinski definition) is 3. The van der Waals surface area contributed by atoms with E-state index in [4.69, 9.17) is 22.7 Å². The molecule has 0 aliphatic carbocycles. The van der Waals surface area contributed by atoms with Crippen LogP contribution in [0.2, 0.25) is 0 Å². The maximum Gasteiger partial charge on any atom is 0.341 e. The van der Waals surface area contributed by atoms with Gasteiger partial charge in [-0.25, -0.2) is 4.79 Å². The lowest BCUT2D eigenvalue weighted by Gasteiger charge is -2.11. The highest BCUT2D eigenvalue weighted by molar-refractivity contribution is 7.80. The second-order valence-electron chi connectivity index (χ2n) is 6.07. The molecule has 0 spiro atoms. The number of nitrogens with two attached hydrogens (primary N) is 1. The highest BCUT2D eigenvalue weighted by atomic mass is 32.1. The number of nitrogens with zero attached hydrogens (tertiary/aromatic N) is 2. The molecule has 2 aromatic heterocycles. The predicted molar refractivity (Wildman–Crippen MR) is 117 cm³/mol. The zero-order chi connectivity index (χ0) is 21.1. The number of ether oxygens (including phenoxy) is 1. The normalized spacial score (nSPS) is 10.4. The summed E-state index contributed by atoms with van der Waals surface area (Å²) in [6, 6.07) is 9.57. The predicted octanol–water partition coefficient (Wildman–Crippen LogP) is 3.15. The van der Waals surface area contributed by atoms with E-state index in [-0.39, 0.29) is 10.8 Å². The molecule has 0 aliphatic heterocycles. The number of thiocarbonyl (C=S) groups is 1. The Morgan fingerprint density at radius 1 is 1.24 bits per heavy atom. The lowest BCUT2D eigenvalue weighted by atomic mass is 10.0. The summed E-state index contributed by atoms with van der Waals surface area (Å²) < 4.78 is 6.35. The number of nitrogens with one attached hydrogen (secondary N) is 2. The Labute approximate surface area is 176 Å². The van der Waals surface area contributed by atoms with Gasteiger partial charge in [0.05, 0.1) is 19.0 Å². The first kappa shape index (κ1) is 20.5. The summed E-state index contributed by atoms with van der Waals surface area (Å²) in [7, 11) is 2.94. The van der Waals surface area contributed by atoms with Crippen LogP contribution in [0, 0.1) is 6.92 Å². The average Bonchev–Trinajstić information content (AvgIpc) is 3.21. The van der Waals surface area contributed by atoms with Gasteiger partial charge < -0.3 is 21.1 Å². The fraction of sp³-hybridized carbons (Fsp3) is 0.158. The van der Waals surface area contributed by atoms with Crippen LogP contribution in [0.4, 0.5) is 10.7 Å². The number of aryl methyl sites for hydroxylation is 2. The second kappa shape index (κ2) is 8.41. The number of methoxy groups -OCH3 is 1. The van der Waals surface area contributed by atoms with Crippen molar-refractivity contribution in [1.29, 1.82) is 0 Å². The van der Waals surface area contributed by atoms with Crippen molar-refractivity contribution in [3.63, 3.8) is 0 Å². The van der Waals surface area contributed by atoms with Crippen molar-refractivity contribution in [2.75, 3.05) is 17.7 Å². The maximum absolute atomic E-state index is 12.5. The van der Waals surface area contributed by atoms with Crippen LogP contribution >= 0.6 is 23.6 Å². The van der Waals surface area contributed by atoms with E-state index in [9.17, 15) is 9.59 Å². The van der Waals surface area contributed by atoms with Gasteiger partial charge in [0.2, 0.25) is 0 Å². The Morgan fingerprint density at radius 3 is 2.55 bits per heavy atom. The molecule has 2 heterocycles. The Hall–Kier alpha value is -3.24. The van der Waals surface area contributed by atoms with E-state index in [0.29, 0.717) is 16.3 Å². The van der Waals surface area contributed by atoms with E-state index in [1.54, 1.807) is 7.05 Å². The molecule has 0 radical (unpaired) electrons. The van der Waals surface area contributed by atoms with Gasteiger partial charge in [-0.1, -0.05) is 30.3 Å². The van der Waals surface area contributed by atoms with Crippen LogP contribution in [0.25, 0.3) is 11.1 Å². The number of benzene rings is 1. The second-order valence-corrected chi connectivity index (χ2v) is 7.70. The average molecular weight is 430 g/mol. The third-order valence-electron chi connectivity index (χ3n) is 4.18. The zero-order valence-electron chi connectivity index (χ0n) is 16.0. The number of esters is 1. The SMILES string of the molecule is COC(=O)c1c(NC(=S)Nc2cnn(C)c2C(N)=O)sc(C)c1-c1ccccc1. The molecule has 0 saturated heterocycles. The molecule has 0 bridgehead atoms. The van der Waals surface area contributed by atoms with Crippen molar-refractivity contribution in [2.45, 2.75) is 6.92 Å². The lowest BCUT2D eigenvalue weighted by Crippen LogP contribution is -2.23. The smallest absolute Gasteiger partial charge is 0.341 e. The molecule has 29 heavy (non-hydrogen) atoms. The number of carbonyl (C=O) groups excluding carboxylic acids is 2. The largest absolute Gasteiger partial charge is 0.465 e. The molecule has 1 amide bonds. The minimum absolute atomic E-state index is 0.187. The van der Waals surface area contributed by atoms with Gasteiger partial charge in [0.25, 0.3) is 5.91 Å². The molecule has 0 aliphatic rings. The van der Waals surface area contributed by atoms with E-state index >= 15 is 0 Å². The van der Waals surface area contributed by atoms with Crippen molar-refractivity contribution in [3.8, 4) is 11.1 Å². The van der Waals surface area contributed by atoms with Crippen molar-refractivity contribution in [1.82, 2.24) is 9.78 Å². The van der Waals surface area contributed by atoms with Gasteiger partial charge in [-0.15, -0.1) is 11.3 Å². The standard InChI is InChI=1S/C19H19N5O3S2/c1-10-13(11-7-5-4-6-8-11)14(18(26)27-3)17(29-10)23-19(28)22-12-9-21-24(2)15(12)16(20)25/h4-9H,1-3H3,(H2,20,25)(H2,22,23,28). The van der Waals surface area contributed by atoms with Gasteiger partial charge in [-0.2, -0.15) is 5.10 Å². The Kier molecular flexibility index (Phi) is 5.95. The number of thiophene rings is 1. The molecule has 3 aromatic rings. The fourth-order valence-electron chi connectivity index (χ4n) is 2.96. The minimum Gasteiger partial charge on any atom is -0.465 e. The number of primary amides is 1. The molecule has 8 nitrogen and oxygen atoms in total. The summed E-state index contributed by atoms with van der Waals surface area (Å²) in [5, 5.41) is 10.7. The highest BCUT2D eigenvalue weighted by Gasteiger charge is 2.25. The quantitative estimate of drug-likeness (QED) is 0.422. The summed E-state index contributed by atoms with van der Waals surface area (Å²) >= 11 is 6.75. The summed E-state index contributed by atoms with van der Waals surface area (Å²) in [5.41, 5.74) is 8.03. The molecule has 0 saturated carbocycles. The number of aromatic nitrogens is 2. The van der Waals surface area contributed by atoms with Crippen molar-refractivity contribution in [2.24, 2.45) is 12.8 Å². The number of carbonyl (C=O) groups is 2. The minimum atomic E-state index is -0.635. The first-order chi connectivity index (χ1) is 13.8. The fourth-order valence-corrected chi connectivity index (χ4v) is 4.31. The Bertz CT molecular complexity index is 1090. The summed E-state index contributed by atoms with van der Waals surface area (Å²) in [4.78, 5) is 25.1. The van der Waals surface area contributed by atoms with Crippen LogP contribution in [-0.2, 0) is 11.8 Å². The van der Waals surface area contributed by atoms with Gasteiger partial charge in [0, 0.05) is 17.5 Å². The summed E-state index contributed by atoms with van der Waals surface area (Å²) in [5.74, 6) is -1.11. The van der Waals surface area contributed by atoms with Crippen molar-refractivity contribution >= 4 is 51.2 Å². The molecule has 150 valence electrons. The molecule has 0 atom stereocenters. The Balaban J connectivity index is 1.94. The number of anilines is 2. The monoisotopic (exact) mass is 429 g/mol. The number of hydrogen-bond acceptors (Lipinski definition) is 6. The summed E-state index contributed by atoms with van der Waals surface area (Å²) in [6.45, 7) is 1.92. The van der Waals surface area contributed by atoms with E-state index in [0.717, 1.165) is 16.0 Å². The number of amides is 1. The van der Waals surface area contributed by atoms with Gasteiger partial charge in [0.15, 0.2) is 5.11 Å². The first-order valence-electron chi connectivity index (χ1n) is 8.50. The van der Waals surface area contributed by atoms with E-state index in [1.165, 1.54) is 29.3 Å². The van der Waals surface area contributed by atoms with E-state index in [2.05, 4.69) is 15.7 Å². The highest BCUT2D eigenvalue weighted by Crippen LogP contribution is 2.40. The molecule has 0 unspecified atom stereocenters. The van der Waals surface area contributed by atoms with Crippen LogP contribution in [0.5, 0.6) is 0 Å². The molecule has 1 aromatic carbocycles. The van der Waals surface area contributed by atoms with E-state index < -0.39 is 11.9 Å². The zero-order valence-corrected chi connectivity index (χ0v) is 17.6. The van der Waals surface area contributed by atoms with Gasteiger partial charge in [-0.05, 0) is 24.7 Å². The maximum atomic E-state index is 12.5. The van der Waals surface area contributed by atoms with Gasteiger partial charge in [-0.3, -0.25) is 9.48 Å². The van der Waals surface area contributed by atoms with Crippen LogP contribution < -0.4 is 16.4 Å². The molecule has 0 fully saturated rings. The van der Waals surface area contributed by atoms with Gasteiger partial charge in [0.1, 0.15) is 16.3 Å². The third kappa shape index (κ3) is 4.13. The van der Waals surface area contributed by atoms with Gasteiger partial charge >= 0.3 is 5.97 Å². The van der Waals surface area contributed by atoms with Crippen molar-refractivity contribution in [3.05, 3.63) is 52.7 Å². The van der Waals surface area contributed by atoms with Crippen LogP contribution in [0.1, 0.15) is 25.7 Å². The molecular weight excluding hydrogens is 410 g/mol. The molecule has 3 rings (SSSR count). The molecule has 10 heteroatoms. The van der Waals surface area contributed by atoms with Crippen molar-refractivity contribution < 1.29 is 14.3 Å². The van der Waals surface area contributed by atoms with Crippen LogP contribution in [0.15, 0.2) is 36.5 Å². The molecular formula is C19H19N5O3S2. The molecule has 4 N–H and O–H groups in total. The van der Waals surface area contributed by atoms with Crippen LogP contribution in [0.3, 0.4) is 0 Å². The number of rotatable bonds is 5. The third-order valence-corrected chi connectivity index (χ3v) is 5.41. The van der Waals surface area contributed by atoms with Crippen LogP contribution in [-0.4, -0.2) is 33.9 Å². The first-order valence-corrected chi connectivity index (χ1v) is 9.72. The van der Waals surface area contributed by atoms with E-state index in [1.807, 2.05) is 37.3 Å².